The Morgan fingerprint density at radius 3 is 1.73 bits per heavy atom. The first kappa shape index (κ1) is 8.09. The molecule has 0 aliphatic rings. The van der Waals surface area contributed by atoms with Gasteiger partial charge in [0.2, 0.25) is 0 Å². The number of nitrogens with zero attached hydrogens (tertiary/aromatic N) is 3. The van der Waals surface area contributed by atoms with Gasteiger partial charge in [-0.1, -0.05) is 0 Å². The molecule has 11 heavy (non-hydrogen) atoms. The fourth-order valence-corrected chi connectivity index (χ4v) is 0.736. The smallest absolute Gasteiger partial charge is 0.554 e. The lowest BCUT2D eigenvalue weighted by Crippen LogP contribution is -2.55. The Bertz CT molecular complexity index is 278. The molecule has 1 aromatic heterocycles. The predicted molar refractivity (Wildman–Crippen MR) is 33.3 cm³/mol. The van der Waals surface area contributed by atoms with E-state index in [1.54, 1.807) is 0 Å². The molecule has 1 rings (SSSR count). The van der Waals surface area contributed by atoms with E-state index in [0.29, 0.717) is 6.33 Å². The van der Waals surface area contributed by atoms with Crippen LogP contribution >= 0.6 is 23.2 Å². The standard InChI is InChI=1S/C3HCl2N3O3/c4-2-6(9)1-7(10)3(5)8(2)11/h1H. The van der Waals surface area contributed by atoms with Crippen LogP contribution in [-0.4, -0.2) is 0 Å². The number of hydrogen-bond acceptors (Lipinski definition) is 3. The zero-order valence-electron chi connectivity index (χ0n) is 4.90. The van der Waals surface area contributed by atoms with Crippen molar-refractivity contribution in [2.75, 3.05) is 0 Å². The largest absolute Gasteiger partial charge is 0.609 e. The van der Waals surface area contributed by atoms with Crippen molar-refractivity contribution >= 4 is 23.2 Å². The Balaban J connectivity index is 3.46. The van der Waals surface area contributed by atoms with Crippen LogP contribution in [0.25, 0.3) is 0 Å². The highest BCUT2D eigenvalue weighted by molar-refractivity contribution is 6.28. The predicted octanol–water partition coefficient (Wildman–Crippen LogP) is -1.11. The van der Waals surface area contributed by atoms with Crippen LogP contribution in [0.5, 0.6) is 0 Å². The summed E-state index contributed by atoms with van der Waals surface area (Å²) in [6.07, 6.45) is 0.499. The molecular formula is C3HCl2N3O3. The number of aromatic nitrogens is 3. The van der Waals surface area contributed by atoms with Gasteiger partial charge >= 0.3 is 16.9 Å². The molecule has 0 spiro atoms. The summed E-state index contributed by atoms with van der Waals surface area (Å²) in [4.78, 5) is 0. The highest BCUT2D eigenvalue weighted by atomic mass is 35.5. The van der Waals surface area contributed by atoms with Crippen molar-refractivity contribution in [3.05, 3.63) is 32.5 Å². The summed E-state index contributed by atoms with van der Waals surface area (Å²) in [5, 5.41) is 30.2. The van der Waals surface area contributed by atoms with Crippen molar-refractivity contribution in [2.24, 2.45) is 0 Å². The van der Waals surface area contributed by atoms with E-state index in [1.807, 2.05) is 0 Å². The maximum atomic E-state index is 10.6. The van der Waals surface area contributed by atoms with E-state index in [9.17, 15) is 15.6 Å². The second-order valence-electron chi connectivity index (χ2n) is 1.60. The zero-order chi connectivity index (χ0) is 8.59. The van der Waals surface area contributed by atoms with Crippen LogP contribution in [0.2, 0.25) is 10.6 Å². The Kier molecular flexibility index (Phi) is 1.88. The molecule has 0 saturated heterocycles. The van der Waals surface area contributed by atoms with Gasteiger partial charge in [0.05, 0.1) is 23.2 Å². The molecule has 6 nitrogen and oxygen atoms in total. The van der Waals surface area contributed by atoms with Gasteiger partial charge in [-0.2, -0.15) is 0 Å². The van der Waals surface area contributed by atoms with Gasteiger partial charge in [-0.25, -0.2) is 0 Å². The highest BCUT2D eigenvalue weighted by Crippen LogP contribution is 1.95. The molecule has 0 unspecified atom stereocenters. The molecule has 0 N–H and O–H groups in total. The fourth-order valence-electron chi connectivity index (χ4n) is 0.446. The molecular weight excluding hydrogens is 197 g/mol. The minimum atomic E-state index is -0.720. The molecule has 0 aliphatic carbocycles. The van der Waals surface area contributed by atoms with E-state index in [0.717, 1.165) is 0 Å². The third-order valence-corrected chi connectivity index (χ3v) is 1.55. The molecule has 0 radical (unpaired) electrons. The van der Waals surface area contributed by atoms with Crippen molar-refractivity contribution in [3.8, 4) is 0 Å². The van der Waals surface area contributed by atoms with Crippen LogP contribution in [-0.2, 0) is 0 Å². The summed E-state index contributed by atoms with van der Waals surface area (Å²) >= 11 is 10.2. The van der Waals surface area contributed by atoms with Crippen LogP contribution in [0.1, 0.15) is 0 Å². The first-order valence-corrected chi connectivity index (χ1v) is 3.09. The first-order chi connectivity index (χ1) is 5.04. The van der Waals surface area contributed by atoms with E-state index in [-0.39, 0.29) is 14.2 Å². The van der Waals surface area contributed by atoms with Crippen molar-refractivity contribution in [3.63, 3.8) is 0 Å². The van der Waals surface area contributed by atoms with Crippen molar-refractivity contribution in [1.82, 2.24) is 0 Å². The SMILES string of the molecule is [O-][n+]1c[n+]([O-])c(Cl)[n+]([O-])c1Cl. The van der Waals surface area contributed by atoms with Crippen LogP contribution in [0.15, 0.2) is 6.33 Å². The zero-order valence-corrected chi connectivity index (χ0v) is 6.41. The molecule has 0 atom stereocenters. The average Bonchev–Trinajstić information content (AvgIpc) is 1.97. The van der Waals surface area contributed by atoms with E-state index in [4.69, 9.17) is 23.2 Å². The molecule has 0 fully saturated rings. The minimum absolute atomic E-state index is 0.0898. The van der Waals surface area contributed by atoms with Crippen molar-refractivity contribution < 1.29 is 14.2 Å². The summed E-state index contributed by atoms with van der Waals surface area (Å²) in [5.74, 6) is 0. The molecule has 0 saturated carbocycles. The van der Waals surface area contributed by atoms with E-state index < -0.39 is 10.6 Å². The summed E-state index contributed by atoms with van der Waals surface area (Å²) in [6.45, 7) is 0. The van der Waals surface area contributed by atoms with E-state index in [2.05, 4.69) is 0 Å². The monoisotopic (exact) mass is 197 g/mol. The third-order valence-electron chi connectivity index (χ3n) is 0.909. The van der Waals surface area contributed by atoms with Crippen LogP contribution < -0.4 is 14.2 Å². The lowest BCUT2D eigenvalue weighted by atomic mass is 11.0. The number of hydrogen-bond donors (Lipinski definition) is 0. The van der Waals surface area contributed by atoms with Gasteiger partial charge < -0.3 is 15.6 Å². The lowest BCUT2D eigenvalue weighted by Gasteiger charge is -1.99. The van der Waals surface area contributed by atoms with E-state index >= 15 is 0 Å². The molecule has 1 heterocycles. The Morgan fingerprint density at radius 1 is 1.00 bits per heavy atom. The van der Waals surface area contributed by atoms with Gasteiger partial charge in [-0.05, 0) is 14.2 Å². The van der Waals surface area contributed by atoms with Crippen LogP contribution in [0.4, 0.5) is 0 Å². The average molecular weight is 198 g/mol. The molecule has 1 aromatic rings. The minimum Gasteiger partial charge on any atom is -0.609 e. The van der Waals surface area contributed by atoms with Gasteiger partial charge in [-0.3, -0.25) is 0 Å². The normalized spacial score (nSPS) is 10.0. The molecule has 0 aliphatic heterocycles. The molecule has 0 bridgehead atoms. The summed E-state index contributed by atoms with van der Waals surface area (Å²) < 4.78 is -0.357. The van der Waals surface area contributed by atoms with Gasteiger partial charge in [0.25, 0.3) is 0 Å². The lowest BCUT2D eigenvalue weighted by molar-refractivity contribution is -0.862. The summed E-state index contributed by atoms with van der Waals surface area (Å²) in [7, 11) is 0. The second-order valence-corrected chi connectivity index (χ2v) is 2.28. The Labute approximate surface area is 70.6 Å². The third kappa shape index (κ3) is 1.22. The highest BCUT2D eigenvalue weighted by Gasteiger charge is 2.26. The first-order valence-electron chi connectivity index (χ1n) is 2.34. The molecule has 60 valence electrons. The summed E-state index contributed by atoms with van der Waals surface area (Å²) in [6, 6.07) is 0. The Hall–Kier alpha value is -1.01. The molecule has 8 heteroatoms. The van der Waals surface area contributed by atoms with Crippen LogP contribution in [0, 0.1) is 15.6 Å². The maximum absolute atomic E-state index is 10.6. The fraction of sp³-hybridized carbons (Fsp3) is 0. The van der Waals surface area contributed by atoms with Crippen LogP contribution in [0.3, 0.4) is 0 Å². The van der Waals surface area contributed by atoms with Gasteiger partial charge in [-0.15, -0.1) is 0 Å². The van der Waals surface area contributed by atoms with Gasteiger partial charge in [0, 0.05) is 0 Å². The number of rotatable bonds is 0. The molecule has 0 aromatic carbocycles. The molecule has 0 amide bonds. The van der Waals surface area contributed by atoms with Gasteiger partial charge in [0.15, 0.2) is 0 Å². The van der Waals surface area contributed by atoms with E-state index in [1.165, 1.54) is 0 Å². The van der Waals surface area contributed by atoms with Crippen molar-refractivity contribution in [1.29, 1.82) is 0 Å². The summed E-state index contributed by atoms with van der Waals surface area (Å²) in [5.41, 5.74) is 0. The number of halogens is 2. The topological polar surface area (TPSA) is 80.8 Å². The van der Waals surface area contributed by atoms with Crippen molar-refractivity contribution in [2.45, 2.75) is 0 Å². The second kappa shape index (κ2) is 2.55. The van der Waals surface area contributed by atoms with Gasteiger partial charge in [0.1, 0.15) is 0 Å². The quantitative estimate of drug-likeness (QED) is 0.391. The Morgan fingerprint density at radius 2 is 1.36 bits per heavy atom. The maximum Gasteiger partial charge on any atom is 0.554 e.